The molecular weight excluding hydrogens is 376 g/mol. The van der Waals surface area contributed by atoms with Gasteiger partial charge in [0.25, 0.3) is 15.9 Å². The van der Waals surface area contributed by atoms with Gasteiger partial charge in [0.15, 0.2) is 5.82 Å². The first kappa shape index (κ1) is 18.4. The Kier molecular flexibility index (Phi) is 4.52. The third kappa shape index (κ3) is 3.21. The third-order valence-corrected chi connectivity index (χ3v) is 6.26. The van der Waals surface area contributed by atoms with E-state index in [0.29, 0.717) is 29.9 Å². The van der Waals surface area contributed by atoms with Crippen molar-refractivity contribution in [3.63, 3.8) is 0 Å². The number of nitrogens with zero attached hydrogens (tertiary/aromatic N) is 2. The van der Waals surface area contributed by atoms with Gasteiger partial charge in [0.05, 0.1) is 10.6 Å². The van der Waals surface area contributed by atoms with E-state index in [2.05, 4.69) is 15.7 Å². The maximum absolute atomic E-state index is 13.2. The number of carbonyl (C=O) groups is 1. The Bertz CT molecular complexity index is 1160. The summed E-state index contributed by atoms with van der Waals surface area (Å²) in [5.74, 6) is -0.192. The average molecular weight is 396 g/mol. The summed E-state index contributed by atoms with van der Waals surface area (Å²) < 4.78 is 27.4. The van der Waals surface area contributed by atoms with Gasteiger partial charge < -0.3 is 10.6 Å². The number of hydrogen-bond acceptors (Lipinski definition) is 5. The molecule has 0 saturated carbocycles. The van der Waals surface area contributed by atoms with Gasteiger partial charge in [-0.3, -0.25) is 4.79 Å². The van der Waals surface area contributed by atoms with Crippen LogP contribution in [-0.2, 0) is 23.1 Å². The number of nitrogens with one attached hydrogen (secondary N) is 2. The van der Waals surface area contributed by atoms with Crippen LogP contribution in [0, 0.1) is 13.8 Å². The standard InChI is InChI=1S/C20H20N4O3S/c1-13-6-8-15(9-7-13)20(25)22-19-17-11-21-12-18(17)23-24(19)28(26,27)16-5-3-4-14(2)10-16/h3-10,21H,11-12H2,1-2H3,(H,22,25). The van der Waals surface area contributed by atoms with Crippen molar-refractivity contribution in [1.29, 1.82) is 0 Å². The van der Waals surface area contributed by atoms with Gasteiger partial charge in [-0.15, -0.1) is 4.09 Å². The zero-order valence-corrected chi connectivity index (χ0v) is 16.4. The number of amides is 1. The van der Waals surface area contributed by atoms with Crippen LogP contribution in [0.25, 0.3) is 0 Å². The van der Waals surface area contributed by atoms with Crippen LogP contribution in [0.3, 0.4) is 0 Å². The van der Waals surface area contributed by atoms with E-state index in [1.165, 1.54) is 6.07 Å². The minimum absolute atomic E-state index is 0.132. The van der Waals surface area contributed by atoms with Crippen LogP contribution in [0.1, 0.15) is 32.7 Å². The highest BCUT2D eigenvalue weighted by atomic mass is 32.2. The van der Waals surface area contributed by atoms with Gasteiger partial charge in [0.2, 0.25) is 0 Å². The van der Waals surface area contributed by atoms with Gasteiger partial charge in [-0.25, -0.2) is 0 Å². The molecule has 0 unspecified atom stereocenters. The van der Waals surface area contributed by atoms with Crippen molar-refractivity contribution >= 4 is 21.7 Å². The molecule has 144 valence electrons. The second-order valence-electron chi connectivity index (χ2n) is 6.86. The largest absolute Gasteiger partial charge is 0.307 e. The van der Waals surface area contributed by atoms with Crippen molar-refractivity contribution in [2.24, 2.45) is 0 Å². The van der Waals surface area contributed by atoms with Gasteiger partial charge in [0.1, 0.15) is 0 Å². The lowest BCUT2D eigenvalue weighted by Gasteiger charge is -2.12. The minimum atomic E-state index is -3.94. The Hall–Kier alpha value is -2.97. The summed E-state index contributed by atoms with van der Waals surface area (Å²) >= 11 is 0. The molecule has 2 N–H and O–H groups in total. The van der Waals surface area contributed by atoms with Crippen LogP contribution in [0.4, 0.5) is 5.82 Å². The molecule has 1 aliphatic rings. The van der Waals surface area contributed by atoms with E-state index in [9.17, 15) is 13.2 Å². The molecule has 28 heavy (non-hydrogen) atoms. The quantitative estimate of drug-likeness (QED) is 0.707. The molecule has 1 amide bonds. The van der Waals surface area contributed by atoms with E-state index >= 15 is 0 Å². The van der Waals surface area contributed by atoms with Crippen molar-refractivity contribution in [3.8, 4) is 0 Å². The first-order valence-electron chi connectivity index (χ1n) is 8.88. The zero-order valence-electron chi connectivity index (χ0n) is 15.6. The number of aromatic nitrogens is 2. The molecule has 0 saturated heterocycles. The Morgan fingerprint density at radius 2 is 1.82 bits per heavy atom. The third-order valence-electron chi connectivity index (χ3n) is 4.69. The second-order valence-corrected chi connectivity index (χ2v) is 8.63. The van der Waals surface area contributed by atoms with Crippen molar-refractivity contribution in [2.45, 2.75) is 31.8 Å². The normalized spacial score (nSPS) is 13.4. The highest BCUT2D eigenvalue weighted by Gasteiger charge is 2.30. The monoisotopic (exact) mass is 396 g/mol. The summed E-state index contributed by atoms with van der Waals surface area (Å²) in [5.41, 5.74) is 3.62. The van der Waals surface area contributed by atoms with Gasteiger partial charge in [-0.1, -0.05) is 29.8 Å². The van der Waals surface area contributed by atoms with Crippen LogP contribution in [0.2, 0.25) is 0 Å². The summed E-state index contributed by atoms with van der Waals surface area (Å²) in [6, 6.07) is 13.7. The molecule has 7 nitrogen and oxygen atoms in total. The predicted molar refractivity (Wildman–Crippen MR) is 106 cm³/mol. The van der Waals surface area contributed by atoms with Crippen LogP contribution < -0.4 is 10.6 Å². The summed E-state index contributed by atoms with van der Waals surface area (Å²) in [5, 5.41) is 10.2. The maximum Gasteiger partial charge on any atom is 0.284 e. The van der Waals surface area contributed by atoms with Crippen molar-refractivity contribution in [1.82, 2.24) is 14.5 Å². The lowest BCUT2D eigenvalue weighted by atomic mass is 10.1. The number of aryl methyl sites for hydroxylation is 2. The number of rotatable bonds is 4. The summed E-state index contributed by atoms with van der Waals surface area (Å²) in [6.07, 6.45) is 0. The number of benzene rings is 2. The van der Waals surface area contributed by atoms with Gasteiger partial charge in [0, 0.05) is 24.2 Å². The molecule has 2 heterocycles. The highest BCUT2D eigenvalue weighted by Crippen LogP contribution is 2.28. The van der Waals surface area contributed by atoms with Crippen LogP contribution in [0.5, 0.6) is 0 Å². The van der Waals surface area contributed by atoms with E-state index in [-0.39, 0.29) is 16.6 Å². The van der Waals surface area contributed by atoms with E-state index in [1.54, 1.807) is 24.3 Å². The van der Waals surface area contributed by atoms with Crippen LogP contribution in [-0.4, -0.2) is 23.5 Å². The molecule has 4 rings (SSSR count). The van der Waals surface area contributed by atoms with Crippen molar-refractivity contribution in [3.05, 3.63) is 76.5 Å². The SMILES string of the molecule is Cc1ccc(C(=O)Nc2c3c(nn2S(=O)(=O)c2cccc(C)c2)CNC3)cc1. The summed E-state index contributed by atoms with van der Waals surface area (Å²) in [6.45, 7) is 4.66. The molecule has 1 aromatic heterocycles. The minimum Gasteiger partial charge on any atom is -0.307 e. The fourth-order valence-corrected chi connectivity index (χ4v) is 4.55. The molecule has 0 aliphatic carbocycles. The molecular formula is C20H20N4O3S. The second kappa shape index (κ2) is 6.88. The fourth-order valence-electron chi connectivity index (χ4n) is 3.16. The van der Waals surface area contributed by atoms with E-state index < -0.39 is 10.0 Å². The first-order chi connectivity index (χ1) is 13.4. The zero-order chi connectivity index (χ0) is 19.9. The van der Waals surface area contributed by atoms with Gasteiger partial charge in [-0.05, 0) is 43.7 Å². The molecule has 3 aromatic rings. The number of anilines is 1. The molecule has 0 atom stereocenters. The fraction of sp³-hybridized carbons (Fsp3) is 0.200. The Balaban J connectivity index is 1.77. The number of fused-ring (bicyclic) bond motifs is 1. The topological polar surface area (TPSA) is 93.1 Å². The first-order valence-corrected chi connectivity index (χ1v) is 10.3. The Labute approximate surface area is 163 Å². The van der Waals surface area contributed by atoms with E-state index in [1.807, 2.05) is 32.0 Å². The molecule has 1 aliphatic heterocycles. The number of hydrogen-bond donors (Lipinski definition) is 2. The Morgan fingerprint density at radius 3 is 2.54 bits per heavy atom. The van der Waals surface area contributed by atoms with Crippen molar-refractivity contribution in [2.75, 3.05) is 5.32 Å². The van der Waals surface area contributed by atoms with Crippen LogP contribution in [0.15, 0.2) is 53.4 Å². The van der Waals surface area contributed by atoms with Gasteiger partial charge >= 0.3 is 0 Å². The van der Waals surface area contributed by atoms with Gasteiger partial charge in [-0.2, -0.15) is 13.5 Å². The summed E-state index contributed by atoms with van der Waals surface area (Å²) in [7, 11) is -3.94. The van der Waals surface area contributed by atoms with E-state index in [4.69, 9.17) is 0 Å². The summed E-state index contributed by atoms with van der Waals surface area (Å²) in [4.78, 5) is 12.9. The Morgan fingerprint density at radius 1 is 1.07 bits per heavy atom. The molecule has 0 radical (unpaired) electrons. The maximum atomic E-state index is 13.2. The molecule has 2 aromatic carbocycles. The van der Waals surface area contributed by atoms with E-state index in [0.717, 1.165) is 15.2 Å². The number of carbonyl (C=O) groups excluding carboxylic acids is 1. The van der Waals surface area contributed by atoms with Crippen LogP contribution >= 0.6 is 0 Å². The molecule has 8 heteroatoms. The molecule has 0 spiro atoms. The lowest BCUT2D eigenvalue weighted by molar-refractivity contribution is 0.102. The smallest absolute Gasteiger partial charge is 0.284 e. The highest BCUT2D eigenvalue weighted by molar-refractivity contribution is 7.90. The molecule has 0 fully saturated rings. The molecule has 0 bridgehead atoms. The lowest BCUT2D eigenvalue weighted by Crippen LogP contribution is -2.22. The average Bonchev–Trinajstić information content (AvgIpc) is 3.25. The van der Waals surface area contributed by atoms with Crippen molar-refractivity contribution < 1.29 is 13.2 Å². The predicted octanol–water partition coefficient (Wildman–Crippen LogP) is 2.59.